The van der Waals surface area contributed by atoms with Crippen molar-refractivity contribution in [2.75, 3.05) is 27.2 Å². The Bertz CT molecular complexity index is 746. The van der Waals surface area contributed by atoms with Crippen molar-refractivity contribution in [3.8, 4) is 0 Å². The third-order valence-corrected chi connectivity index (χ3v) is 5.39. The van der Waals surface area contributed by atoms with Gasteiger partial charge in [-0.15, -0.1) is 0 Å². The second kappa shape index (κ2) is 6.32. The summed E-state index contributed by atoms with van der Waals surface area (Å²) in [5.41, 5.74) is 3.09. The Kier molecular flexibility index (Phi) is 4.13. The number of likely N-dealkylation sites (tertiary alicyclic amines) is 1. The average molecular weight is 340 g/mol. The minimum atomic E-state index is -0.480. The molecule has 1 saturated heterocycles. The van der Waals surface area contributed by atoms with E-state index in [2.05, 4.69) is 11.0 Å². The average Bonchev–Trinajstić information content (AvgIpc) is 3.24. The topological polar surface area (TPSA) is 45.9 Å². The van der Waals surface area contributed by atoms with Gasteiger partial charge >= 0.3 is 0 Å². The van der Waals surface area contributed by atoms with Gasteiger partial charge < -0.3 is 14.1 Å². The molecule has 3 heterocycles. The Labute approximate surface area is 148 Å². The monoisotopic (exact) mass is 340 g/mol. The molecule has 0 unspecified atom stereocenters. The molecule has 1 atom stereocenters. The zero-order chi connectivity index (χ0) is 17.4. The maximum Gasteiger partial charge on any atom is 0.255 e. The van der Waals surface area contributed by atoms with Crippen molar-refractivity contribution in [1.29, 1.82) is 0 Å². The van der Waals surface area contributed by atoms with Gasteiger partial charge in [0.2, 0.25) is 0 Å². The number of carbonyl (C=O) groups excluding carboxylic acids is 1. The van der Waals surface area contributed by atoms with E-state index in [9.17, 15) is 4.79 Å². The summed E-state index contributed by atoms with van der Waals surface area (Å²) in [4.78, 5) is 16.6. The molecular weight excluding hydrogens is 316 g/mol. The largest absolute Gasteiger partial charge is 0.472 e. The molecule has 132 valence electrons. The molecule has 0 saturated carbocycles. The summed E-state index contributed by atoms with van der Waals surface area (Å²) in [5.74, 6) is 0.0187. The lowest BCUT2D eigenvalue weighted by Crippen LogP contribution is -2.42. The smallest absolute Gasteiger partial charge is 0.255 e. The summed E-state index contributed by atoms with van der Waals surface area (Å²) >= 11 is 0. The van der Waals surface area contributed by atoms with E-state index in [0.29, 0.717) is 0 Å². The number of ether oxygens (including phenoxy) is 1. The molecule has 0 N–H and O–H groups in total. The fourth-order valence-electron chi connectivity index (χ4n) is 4.01. The zero-order valence-electron chi connectivity index (χ0n) is 14.8. The third kappa shape index (κ3) is 2.87. The van der Waals surface area contributed by atoms with Crippen molar-refractivity contribution in [3.63, 3.8) is 0 Å². The Morgan fingerprint density at radius 1 is 1.24 bits per heavy atom. The molecule has 5 heteroatoms. The second-order valence-corrected chi connectivity index (χ2v) is 7.22. The minimum absolute atomic E-state index is 0.0187. The number of furan rings is 1. The quantitative estimate of drug-likeness (QED) is 0.862. The predicted octanol–water partition coefficient (Wildman–Crippen LogP) is 2.93. The second-order valence-electron chi connectivity index (χ2n) is 7.22. The highest BCUT2D eigenvalue weighted by molar-refractivity contribution is 5.83. The number of carbonyl (C=O) groups is 1. The van der Waals surface area contributed by atoms with Crippen LogP contribution in [0.3, 0.4) is 0 Å². The van der Waals surface area contributed by atoms with Gasteiger partial charge in [0.25, 0.3) is 5.91 Å². The number of nitrogens with zero attached hydrogens (tertiary/aromatic N) is 2. The van der Waals surface area contributed by atoms with E-state index in [4.69, 9.17) is 9.15 Å². The predicted molar refractivity (Wildman–Crippen MR) is 93.9 cm³/mol. The van der Waals surface area contributed by atoms with Gasteiger partial charge in [0, 0.05) is 39.3 Å². The van der Waals surface area contributed by atoms with E-state index >= 15 is 0 Å². The molecule has 1 aromatic carbocycles. The highest BCUT2D eigenvalue weighted by atomic mass is 16.5. The molecule has 2 aromatic rings. The van der Waals surface area contributed by atoms with Crippen LogP contribution in [-0.4, -0.2) is 42.9 Å². The summed E-state index contributed by atoms with van der Waals surface area (Å²) in [7, 11) is 3.57. The third-order valence-electron chi connectivity index (χ3n) is 5.39. The molecule has 0 aliphatic carbocycles. The molecule has 25 heavy (non-hydrogen) atoms. The lowest BCUT2D eigenvalue weighted by molar-refractivity contribution is -0.158. The lowest BCUT2D eigenvalue weighted by Gasteiger charge is -2.39. The highest BCUT2D eigenvalue weighted by Gasteiger charge is 2.48. The SMILES string of the molecule is CN(C)C(=O)[C@@H]1OC2(CCN(Cc3ccoc3)CC2)c2ccccc21. The van der Waals surface area contributed by atoms with Crippen molar-refractivity contribution in [3.05, 3.63) is 59.5 Å². The maximum atomic E-state index is 12.6. The summed E-state index contributed by atoms with van der Waals surface area (Å²) in [6.07, 6.45) is 4.84. The number of hydrogen-bond donors (Lipinski definition) is 0. The lowest BCUT2D eigenvalue weighted by atomic mass is 9.83. The van der Waals surface area contributed by atoms with Crippen molar-refractivity contribution in [2.45, 2.75) is 31.1 Å². The van der Waals surface area contributed by atoms with E-state index in [0.717, 1.165) is 38.0 Å². The molecule has 1 amide bonds. The van der Waals surface area contributed by atoms with E-state index in [1.54, 1.807) is 31.5 Å². The van der Waals surface area contributed by atoms with Crippen LogP contribution in [0.5, 0.6) is 0 Å². The van der Waals surface area contributed by atoms with Crippen LogP contribution < -0.4 is 0 Å². The Balaban J connectivity index is 1.54. The summed E-state index contributed by atoms with van der Waals surface area (Å²) in [5, 5.41) is 0. The first-order valence-electron chi connectivity index (χ1n) is 8.81. The standard InChI is InChI=1S/C20H24N2O3/c1-21(2)19(23)18-16-5-3-4-6-17(16)20(25-18)8-10-22(11-9-20)13-15-7-12-24-14-15/h3-7,12,14,18H,8-11,13H2,1-2H3/t18-/m1/s1. The number of hydrogen-bond acceptors (Lipinski definition) is 4. The number of piperidine rings is 1. The zero-order valence-corrected chi connectivity index (χ0v) is 14.8. The fraction of sp³-hybridized carbons (Fsp3) is 0.450. The van der Waals surface area contributed by atoms with Crippen LogP contribution in [0.4, 0.5) is 0 Å². The van der Waals surface area contributed by atoms with E-state index < -0.39 is 6.10 Å². The van der Waals surface area contributed by atoms with Crippen LogP contribution in [0.15, 0.2) is 47.3 Å². The van der Waals surface area contributed by atoms with Crippen molar-refractivity contribution in [2.24, 2.45) is 0 Å². The molecule has 2 aliphatic heterocycles. The molecule has 0 bridgehead atoms. The number of amides is 1. The van der Waals surface area contributed by atoms with Crippen molar-refractivity contribution < 1.29 is 13.9 Å². The number of likely N-dealkylation sites (N-methyl/N-ethyl adjacent to an activating group) is 1. The Morgan fingerprint density at radius 2 is 2.00 bits per heavy atom. The van der Waals surface area contributed by atoms with Gasteiger partial charge in [-0.2, -0.15) is 0 Å². The number of benzene rings is 1. The van der Waals surface area contributed by atoms with E-state index in [1.807, 2.05) is 24.3 Å². The van der Waals surface area contributed by atoms with E-state index in [1.165, 1.54) is 11.1 Å². The Hall–Kier alpha value is -2.11. The van der Waals surface area contributed by atoms with E-state index in [-0.39, 0.29) is 11.5 Å². The highest BCUT2D eigenvalue weighted by Crippen LogP contribution is 2.49. The molecule has 0 radical (unpaired) electrons. The summed E-state index contributed by atoms with van der Waals surface area (Å²) < 4.78 is 11.6. The summed E-state index contributed by atoms with van der Waals surface area (Å²) in [6, 6.07) is 10.2. The molecule has 1 aromatic heterocycles. The molecular formula is C20H24N2O3. The van der Waals surface area contributed by atoms with Gasteiger partial charge in [0.05, 0.1) is 18.1 Å². The van der Waals surface area contributed by atoms with Crippen LogP contribution in [-0.2, 0) is 21.7 Å². The van der Waals surface area contributed by atoms with Crippen LogP contribution in [0.1, 0.15) is 35.6 Å². The molecule has 5 nitrogen and oxygen atoms in total. The van der Waals surface area contributed by atoms with Crippen LogP contribution in [0.25, 0.3) is 0 Å². The van der Waals surface area contributed by atoms with Gasteiger partial charge in [-0.05, 0) is 30.0 Å². The minimum Gasteiger partial charge on any atom is -0.472 e. The first-order chi connectivity index (χ1) is 12.1. The van der Waals surface area contributed by atoms with Crippen molar-refractivity contribution in [1.82, 2.24) is 9.80 Å². The summed E-state index contributed by atoms with van der Waals surface area (Å²) in [6.45, 7) is 2.79. The maximum absolute atomic E-state index is 12.6. The molecule has 1 fully saturated rings. The Morgan fingerprint density at radius 3 is 2.68 bits per heavy atom. The normalized spacial score (nSPS) is 22.1. The van der Waals surface area contributed by atoms with Crippen LogP contribution in [0, 0.1) is 0 Å². The van der Waals surface area contributed by atoms with Crippen molar-refractivity contribution >= 4 is 5.91 Å². The van der Waals surface area contributed by atoms with Gasteiger partial charge in [-0.3, -0.25) is 9.69 Å². The number of fused-ring (bicyclic) bond motifs is 2. The number of rotatable bonds is 3. The van der Waals surface area contributed by atoms with Crippen LogP contribution >= 0.6 is 0 Å². The van der Waals surface area contributed by atoms with Gasteiger partial charge in [-0.25, -0.2) is 0 Å². The molecule has 2 aliphatic rings. The molecule has 1 spiro atoms. The first kappa shape index (κ1) is 16.4. The van der Waals surface area contributed by atoms with Gasteiger partial charge in [0.15, 0.2) is 6.10 Å². The van der Waals surface area contributed by atoms with Gasteiger partial charge in [0.1, 0.15) is 0 Å². The first-order valence-corrected chi connectivity index (χ1v) is 8.81. The fourth-order valence-corrected chi connectivity index (χ4v) is 4.01. The van der Waals surface area contributed by atoms with Crippen LogP contribution in [0.2, 0.25) is 0 Å². The molecule has 4 rings (SSSR count). The van der Waals surface area contributed by atoms with Gasteiger partial charge in [-0.1, -0.05) is 24.3 Å².